The highest BCUT2D eigenvalue weighted by Crippen LogP contribution is 2.23. The Hall–Kier alpha value is -2.73. The van der Waals surface area contributed by atoms with Gasteiger partial charge in [0.25, 0.3) is 0 Å². The van der Waals surface area contributed by atoms with Crippen molar-refractivity contribution in [2.45, 2.75) is 4.90 Å². The van der Waals surface area contributed by atoms with E-state index in [-0.39, 0.29) is 21.6 Å². The Morgan fingerprint density at radius 1 is 1.40 bits per heavy atom. The highest BCUT2D eigenvalue weighted by atomic mass is 32.2. The van der Waals surface area contributed by atoms with Crippen LogP contribution in [-0.2, 0) is 9.84 Å². The van der Waals surface area contributed by atoms with Crippen LogP contribution in [0.1, 0.15) is 5.56 Å². The van der Waals surface area contributed by atoms with Gasteiger partial charge in [0.2, 0.25) is 0 Å². The zero-order valence-electron chi connectivity index (χ0n) is 10.2. The molecule has 20 heavy (non-hydrogen) atoms. The van der Waals surface area contributed by atoms with Crippen LogP contribution in [-0.4, -0.2) is 34.3 Å². The molecule has 2 heterocycles. The summed E-state index contributed by atoms with van der Waals surface area (Å²) >= 11 is 0. The minimum absolute atomic E-state index is 0.00283. The fraction of sp³-hybridized carbons (Fsp3) is 0.0909. The predicted octanol–water partition coefficient (Wildman–Crippen LogP) is -0.154. The number of H-pyrrole nitrogens is 1. The van der Waals surface area contributed by atoms with Crippen LogP contribution in [0.15, 0.2) is 28.2 Å². The summed E-state index contributed by atoms with van der Waals surface area (Å²) in [4.78, 5) is 18.1. The molecular weight excluding hydrogens is 282 g/mol. The van der Waals surface area contributed by atoms with Crippen molar-refractivity contribution in [3.05, 3.63) is 34.5 Å². The standard InChI is InChI=1S/C11H7N5O3S/c1-20(18,19)9-3-8-7(2-6(9)4-12)10-13-5-14-16(10)11(17)15-8/h2-3,5H,1H3,(H,15,17). The highest BCUT2D eigenvalue weighted by molar-refractivity contribution is 7.90. The van der Waals surface area contributed by atoms with Gasteiger partial charge >= 0.3 is 5.69 Å². The van der Waals surface area contributed by atoms with Crippen molar-refractivity contribution in [2.75, 3.05) is 6.26 Å². The molecule has 0 aliphatic carbocycles. The van der Waals surface area contributed by atoms with Gasteiger partial charge in [-0.1, -0.05) is 0 Å². The minimum atomic E-state index is -3.58. The van der Waals surface area contributed by atoms with E-state index in [0.29, 0.717) is 5.39 Å². The summed E-state index contributed by atoms with van der Waals surface area (Å²) in [6, 6.07) is 4.48. The van der Waals surface area contributed by atoms with E-state index in [4.69, 9.17) is 5.26 Å². The van der Waals surface area contributed by atoms with Crippen molar-refractivity contribution in [3.63, 3.8) is 0 Å². The van der Waals surface area contributed by atoms with Gasteiger partial charge in [0.05, 0.1) is 16.0 Å². The molecule has 1 N–H and O–H groups in total. The number of nitriles is 1. The van der Waals surface area contributed by atoms with Gasteiger partial charge in [0.1, 0.15) is 12.4 Å². The molecule has 0 spiro atoms. The van der Waals surface area contributed by atoms with E-state index in [0.717, 1.165) is 10.8 Å². The van der Waals surface area contributed by atoms with Crippen molar-refractivity contribution in [3.8, 4) is 6.07 Å². The van der Waals surface area contributed by atoms with Gasteiger partial charge in [-0.3, -0.25) is 0 Å². The second-order valence-electron chi connectivity index (χ2n) is 4.20. The number of hydrogen-bond acceptors (Lipinski definition) is 6. The Kier molecular flexibility index (Phi) is 2.39. The van der Waals surface area contributed by atoms with Gasteiger partial charge < -0.3 is 4.98 Å². The molecule has 3 rings (SSSR count). The Morgan fingerprint density at radius 2 is 2.15 bits per heavy atom. The normalized spacial score (nSPS) is 11.8. The van der Waals surface area contributed by atoms with Crippen LogP contribution >= 0.6 is 0 Å². The molecule has 0 bridgehead atoms. The van der Waals surface area contributed by atoms with E-state index in [2.05, 4.69) is 15.1 Å². The lowest BCUT2D eigenvalue weighted by Gasteiger charge is -2.05. The van der Waals surface area contributed by atoms with Crippen molar-refractivity contribution < 1.29 is 8.42 Å². The van der Waals surface area contributed by atoms with Crippen molar-refractivity contribution >= 4 is 26.4 Å². The Balaban J connectivity index is 2.59. The lowest BCUT2D eigenvalue weighted by Crippen LogP contribution is -2.17. The van der Waals surface area contributed by atoms with E-state index in [1.54, 1.807) is 0 Å². The second-order valence-corrected chi connectivity index (χ2v) is 6.19. The topological polar surface area (TPSA) is 121 Å². The number of aromatic nitrogens is 4. The zero-order valence-corrected chi connectivity index (χ0v) is 11.0. The molecule has 0 aliphatic rings. The number of fused-ring (bicyclic) bond motifs is 3. The molecule has 2 aromatic heterocycles. The zero-order chi connectivity index (χ0) is 14.5. The van der Waals surface area contributed by atoms with Crippen LogP contribution in [0.25, 0.3) is 16.6 Å². The number of sulfone groups is 1. The third kappa shape index (κ3) is 1.66. The summed E-state index contributed by atoms with van der Waals surface area (Å²) in [5.41, 5.74) is 0.0151. The molecule has 0 atom stereocenters. The van der Waals surface area contributed by atoms with Crippen LogP contribution in [0, 0.1) is 11.3 Å². The monoisotopic (exact) mass is 289 g/mol. The van der Waals surface area contributed by atoms with Crippen LogP contribution < -0.4 is 5.69 Å². The Morgan fingerprint density at radius 3 is 2.80 bits per heavy atom. The molecule has 0 aliphatic heterocycles. The van der Waals surface area contributed by atoms with E-state index in [1.165, 1.54) is 18.5 Å². The quantitative estimate of drug-likeness (QED) is 0.664. The Bertz CT molecular complexity index is 1060. The molecule has 100 valence electrons. The maximum atomic E-state index is 11.8. The van der Waals surface area contributed by atoms with E-state index >= 15 is 0 Å². The van der Waals surface area contributed by atoms with Crippen LogP contribution in [0.3, 0.4) is 0 Å². The molecule has 1 aromatic carbocycles. The highest BCUT2D eigenvalue weighted by Gasteiger charge is 2.17. The van der Waals surface area contributed by atoms with Gasteiger partial charge in [-0.2, -0.15) is 14.9 Å². The van der Waals surface area contributed by atoms with E-state index in [1.807, 2.05) is 6.07 Å². The van der Waals surface area contributed by atoms with Crippen LogP contribution in [0.2, 0.25) is 0 Å². The van der Waals surface area contributed by atoms with Gasteiger partial charge in [-0.15, -0.1) is 0 Å². The molecule has 0 saturated heterocycles. The molecule has 3 aromatic rings. The molecular formula is C11H7N5O3S. The average Bonchev–Trinajstić information content (AvgIpc) is 2.86. The summed E-state index contributed by atoms with van der Waals surface area (Å²) in [6.45, 7) is 0. The summed E-state index contributed by atoms with van der Waals surface area (Å²) in [5, 5.41) is 13.3. The number of aromatic amines is 1. The van der Waals surface area contributed by atoms with E-state index in [9.17, 15) is 13.2 Å². The number of nitrogens with one attached hydrogen (secondary N) is 1. The number of rotatable bonds is 1. The first-order chi connectivity index (χ1) is 9.41. The molecule has 0 amide bonds. The van der Waals surface area contributed by atoms with Gasteiger partial charge in [-0.25, -0.2) is 18.2 Å². The first kappa shape index (κ1) is 12.3. The maximum absolute atomic E-state index is 11.8. The third-order valence-corrected chi connectivity index (χ3v) is 4.00. The van der Waals surface area contributed by atoms with Crippen LogP contribution in [0.4, 0.5) is 0 Å². The summed E-state index contributed by atoms with van der Waals surface area (Å²) in [5.74, 6) is 0. The smallest absolute Gasteiger partial charge is 0.305 e. The van der Waals surface area contributed by atoms with Crippen molar-refractivity contribution in [1.29, 1.82) is 5.26 Å². The second kappa shape index (κ2) is 3.88. The first-order valence-corrected chi connectivity index (χ1v) is 7.31. The SMILES string of the molecule is CS(=O)(=O)c1cc2[nH]c(=O)n3ncnc3c2cc1C#N. The van der Waals surface area contributed by atoms with Gasteiger partial charge in [-0.05, 0) is 12.1 Å². The fourth-order valence-corrected chi connectivity index (χ4v) is 2.84. The molecule has 9 heteroatoms. The molecule has 0 saturated carbocycles. The third-order valence-electron chi connectivity index (χ3n) is 2.86. The first-order valence-electron chi connectivity index (χ1n) is 5.42. The van der Waals surface area contributed by atoms with Gasteiger partial charge in [0.15, 0.2) is 15.5 Å². The fourth-order valence-electron chi connectivity index (χ4n) is 2.00. The maximum Gasteiger partial charge on any atom is 0.348 e. The molecule has 8 nitrogen and oxygen atoms in total. The summed E-state index contributed by atoms with van der Waals surface area (Å²) < 4.78 is 24.4. The predicted molar refractivity (Wildman–Crippen MR) is 68.9 cm³/mol. The molecule has 0 fully saturated rings. The molecule has 0 unspecified atom stereocenters. The minimum Gasteiger partial charge on any atom is -0.305 e. The van der Waals surface area contributed by atoms with Crippen molar-refractivity contribution in [1.82, 2.24) is 19.6 Å². The van der Waals surface area contributed by atoms with Crippen LogP contribution in [0.5, 0.6) is 0 Å². The lowest BCUT2D eigenvalue weighted by molar-refractivity contribution is 0.601. The largest absolute Gasteiger partial charge is 0.348 e. The molecule has 0 radical (unpaired) electrons. The summed E-state index contributed by atoms with van der Waals surface area (Å²) in [6.07, 6.45) is 2.21. The van der Waals surface area contributed by atoms with E-state index < -0.39 is 15.5 Å². The summed E-state index contributed by atoms with van der Waals surface area (Å²) in [7, 11) is -3.58. The average molecular weight is 289 g/mol. The Labute approximate surface area is 112 Å². The van der Waals surface area contributed by atoms with Crippen molar-refractivity contribution in [2.24, 2.45) is 0 Å². The lowest BCUT2D eigenvalue weighted by atomic mass is 10.1. The van der Waals surface area contributed by atoms with Gasteiger partial charge in [0, 0.05) is 11.6 Å². The number of nitrogens with zero attached hydrogens (tertiary/aromatic N) is 4. The number of hydrogen-bond donors (Lipinski definition) is 1. The number of benzene rings is 1.